The molecule has 1 saturated heterocycles. The van der Waals surface area contributed by atoms with E-state index in [1.54, 1.807) is 0 Å². The minimum atomic E-state index is 0.227. The molecular weight excluding hydrogens is 188 g/mol. The molecule has 15 heavy (non-hydrogen) atoms. The van der Waals surface area contributed by atoms with Crippen LogP contribution in [0.1, 0.15) is 32.1 Å². The normalized spacial score (nSPS) is 21.7. The van der Waals surface area contributed by atoms with Gasteiger partial charge in [-0.15, -0.1) is 0 Å². The SMILES string of the molecule is O=C(NCCC1=CCCCC1)C1CNC1. The summed E-state index contributed by atoms with van der Waals surface area (Å²) < 4.78 is 0. The lowest BCUT2D eigenvalue weighted by atomic mass is 9.97. The molecule has 0 bridgehead atoms. The zero-order chi connectivity index (χ0) is 10.5. The van der Waals surface area contributed by atoms with E-state index in [-0.39, 0.29) is 11.8 Å². The third-order valence-electron chi connectivity index (χ3n) is 3.28. The van der Waals surface area contributed by atoms with Crippen molar-refractivity contribution in [2.75, 3.05) is 19.6 Å². The molecule has 0 spiro atoms. The molecule has 0 atom stereocenters. The zero-order valence-electron chi connectivity index (χ0n) is 9.22. The van der Waals surface area contributed by atoms with Crippen molar-refractivity contribution in [3.05, 3.63) is 11.6 Å². The lowest BCUT2D eigenvalue weighted by Gasteiger charge is -2.26. The molecule has 1 amide bonds. The fourth-order valence-electron chi connectivity index (χ4n) is 2.10. The van der Waals surface area contributed by atoms with E-state index in [0.717, 1.165) is 26.1 Å². The van der Waals surface area contributed by atoms with E-state index < -0.39 is 0 Å². The Labute approximate surface area is 91.3 Å². The van der Waals surface area contributed by atoms with Crippen LogP contribution in [-0.4, -0.2) is 25.5 Å². The summed E-state index contributed by atoms with van der Waals surface area (Å²) in [6, 6.07) is 0. The molecule has 1 heterocycles. The van der Waals surface area contributed by atoms with Gasteiger partial charge in [0, 0.05) is 19.6 Å². The van der Waals surface area contributed by atoms with Gasteiger partial charge in [0.25, 0.3) is 0 Å². The Hall–Kier alpha value is -0.830. The van der Waals surface area contributed by atoms with Crippen molar-refractivity contribution < 1.29 is 4.79 Å². The second kappa shape index (κ2) is 5.31. The highest BCUT2D eigenvalue weighted by Crippen LogP contribution is 2.19. The maximum absolute atomic E-state index is 11.5. The number of hydrogen-bond acceptors (Lipinski definition) is 2. The fraction of sp³-hybridized carbons (Fsp3) is 0.750. The Morgan fingerprint density at radius 1 is 1.47 bits per heavy atom. The second-order valence-electron chi connectivity index (χ2n) is 4.50. The first-order chi connectivity index (χ1) is 7.36. The van der Waals surface area contributed by atoms with E-state index in [2.05, 4.69) is 16.7 Å². The van der Waals surface area contributed by atoms with Crippen molar-refractivity contribution in [3.8, 4) is 0 Å². The average Bonchev–Trinajstić information content (AvgIpc) is 2.16. The first-order valence-electron chi connectivity index (χ1n) is 6.02. The van der Waals surface area contributed by atoms with Gasteiger partial charge in [0.1, 0.15) is 0 Å². The van der Waals surface area contributed by atoms with Crippen LogP contribution in [0.5, 0.6) is 0 Å². The minimum Gasteiger partial charge on any atom is -0.355 e. The summed E-state index contributed by atoms with van der Waals surface area (Å²) in [5.74, 6) is 0.454. The van der Waals surface area contributed by atoms with Gasteiger partial charge >= 0.3 is 0 Å². The highest BCUT2D eigenvalue weighted by molar-refractivity contribution is 5.79. The van der Waals surface area contributed by atoms with Gasteiger partial charge < -0.3 is 10.6 Å². The summed E-state index contributed by atoms with van der Waals surface area (Å²) in [5.41, 5.74) is 1.54. The summed E-state index contributed by atoms with van der Waals surface area (Å²) >= 11 is 0. The molecule has 1 fully saturated rings. The minimum absolute atomic E-state index is 0.227. The molecule has 0 saturated carbocycles. The van der Waals surface area contributed by atoms with E-state index in [1.807, 2.05) is 0 Å². The molecule has 1 aliphatic heterocycles. The van der Waals surface area contributed by atoms with Gasteiger partial charge in [-0.25, -0.2) is 0 Å². The zero-order valence-corrected chi connectivity index (χ0v) is 9.22. The van der Waals surface area contributed by atoms with Crippen LogP contribution in [-0.2, 0) is 4.79 Å². The summed E-state index contributed by atoms with van der Waals surface area (Å²) in [7, 11) is 0. The Morgan fingerprint density at radius 3 is 2.93 bits per heavy atom. The molecule has 0 aromatic rings. The molecule has 2 rings (SSSR count). The van der Waals surface area contributed by atoms with Crippen LogP contribution in [0.15, 0.2) is 11.6 Å². The third kappa shape index (κ3) is 3.06. The largest absolute Gasteiger partial charge is 0.355 e. The maximum atomic E-state index is 11.5. The number of carbonyl (C=O) groups excluding carboxylic acids is 1. The molecule has 3 nitrogen and oxygen atoms in total. The van der Waals surface area contributed by atoms with E-state index in [0.29, 0.717) is 0 Å². The van der Waals surface area contributed by atoms with Crippen molar-refractivity contribution >= 4 is 5.91 Å². The highest BCUT2D eigenvalue weighted by atomic mass is 16.2. The maximum Gasteiger partial charge on any atom is 0.225 e. The average molecular weight is 208 g/mol. The lowest BCUT2D eigenvalue weighted by Crippen LogP contribution is -2.50. The standard InChI is InChI=1S/C12H20N2O/c15-12(11-8-13-9-11)14-7-6-10-4-2-1-3-5-10/h4,11,13H,1-3,5-9H2,(H,14,15). The number of rotatable bonds is 4. The molecule has 0 unspecified atom stereocenters. The van der Waals surface area contributed by atoms with Gasteiger partial charge in [-0.2, -0.15) is 0 Å². The summed E-state index contributed by atoms with van der Waals surface area (Å²) in [6.45, 7) is 2.53. The first-order valence-corrected chi connectivity index (χ1v) is 6.02. The van der Waals surface area contributed by atoms with Crippen LogP contribution < -0.4 is 10.6 Å². The topological polar surface area (TPSA) is 41.1 Å². The molecule has 0 aromatic carbocycles. The van der Waals surface area contributed by atoms with E-state index in [4.69, 9.17) is 0 Å². The number of nitrogens with one attached hydrogen (secondary N) is 2. The number of hydrogen-bond donors (Lipinski definition) is 2. The van der Waals surface area contributed by atoms with E-state index in [9.17, 15) is 4.79 Å². The fourth-order valence-corrected chi connectivity index (χ4v) is 2.10. The van der Waals surface area contributed by atoms with Gasteiger partial charge in [-0.1, -0.05) is 11.6 Å². The van der Waals surface area contributed by atoms with Gasteiger partial charge in [0.15, 0.2) is 0 Å². The molecule has 0 aromatic heterocycles. The van der Waals surface area contributed by atoms with Gasteiger partial charge in [-0.05, 0) is 32.1 Å². The molecule has 1 aliphatic carbocycles. The molecular formula is C12H20N2O. The lowest BCUT2D eigenvalue weighted by molar-refractivity contribution is -0.126. The van der Waals surface area contributed by atoms with E-state index in [1.165, 1.54) is 31.3 Å². The molecule has 2 N–H and O–H groups in total. The monoisotopic (exact) mass is 208 g/mol. The number of amides is 1. The summed E-state index contributed by atoms with van der Waals surface area (Å²) in [5, 5.41) is 6.12. The van der Waals surface area contributed by atoms with Crippen molar-refractivity contribution in [3.63, 3.8) is 0 Å². The van der Waals surface area contributed by atoms with Crippen LogP contribution in [0.2, 0.25) is 0 Å². The summed E-state index contributed by atoms with van der Waals surface area (Å²) in [4.78, 5) is 11.5. The van der Waals surface area contributed by atoms with Gasteiger partial charge in [0.05, 0.1) is 5.92 Å². The molecule has 0 radical (unpaired) electrons. The molecule has 2 aliphatic rings. The van der Waals surface area contributed by atoms with Crippen molar-refractivity contribution in [2.24, 2.45) is 5.92 Å². The van der Waals surface area contributed by atoms with Crippen molar-refractivity contribution in [1.82, 2.24) is 10.6 Å². The van der Waals surface area contributed by atoms with Crippen LogP contribution in [0.3, 0.4) is 0 Å². The number of allylic oxidation sites excluding steroid dienone is 1. The molecule has 84 valence electrons. The Balaban J connectivity index is 1.61. The van der Waals surface area contributed by atoms with Crippen LogP contribution in [0.4, 0.5) is 0 Å². The predicted molar refractivity (Wildman–Crippen MR) is 60.5 cm³/mol. The van der Waals surface area contributed by atoms with Crippen molar-refractivity contribution in [1.29, 1.82) is 0 Å². The van der Waals surface area contributed by atoms with Crippen LogP contribution in [0, 0.1) is 5.92 Å². The van der Waals surface area contributed by atoms with E-state index >= 15 is 0 Å². The van der Waals surface area contributed by atoms with Crippen molar-refractivity contribution in [2.45, 2.75) is 32.1 Å². The third-order valence-corrected chi connectivity index (χ3v) is 3.28. The summed E-state index contributed by atoms with van der Waals surface area (Å²) in [6.07, 6.45) is 8.53. The Bertz CT molecular complexity index is 256. The highest BCUT2D eigenvalue weighted by Gasteiger charge is 2.24. The van der Waals surface area contributed by atoms with Crippen LogP contribution in [0.25, 0.3) is 0 Å². The predicted octanol–water partition coefficient (Wildman–Crippen LogP) is 1.21. The van der Waals surface area contributed by atoms with Gasteiger partial charge in [0.2, 0.25) is 5.91 Å². The quantitative estimate of drug-likeness (QED) is 0.682. The smallest absolute Gasteiger partial charge is 0.225 e. The second-order valence-corrected chi connectivity index (χ2v) is 4.50. The van der Waals surface area contributed by atoms with Gasteiger partial charge in [-0.3, -0.25) is 4.79 Å². The number of carbonyl (C=O) groups is 1. The first kappa shape index (κ1) is 10.7. The van der Waals surface area contributed by atoms with Crippen LogP contribution >= 0.6 is 0 Å². The Kier molecular flexibility index (Phi) is 3.78. The molecule has 3 heteroatoms. The Morgan fingerprint density at radius 2 is 2.33 bits per heavy atom.